The maximum atomic E-state index is 12.4. The van der Waals surface area contributed by atoms with Gasteiger partial charge < -0.3 is 5.32 Å². The van der Waals surface area contributed by atoms with Crippen LogP contribution in [-0.2, 0) is 10.2 Å². The predicted molar refractivity (Wildman–Crippen MR) is 101 cm³/mol. The number of aliphatic imine (C=N–C) groups is 2. The third-order valence-electron chi connectivity index (χ3n) is 4.58. The van der Waals surface area contributed by atoms with E-state index in [0.717, 1.165) is 37.1 Å². The Morgan fingerprint density at radius 1 is 1.31 bits per heavy atom. The number of hydrogen-bond donors (Lipinski definition) is 2. The Hall–Kier alpha value is -2.51. The molecule has 8 nitrogen and oxygen atoms in total. The van der Waals surface area contributed by atoms with Gasteiger partial charge in [-0.15, -0.1) is 0 Å². The van der Waals surface area contributed by atoms with Crippen LogP contribution in [0.2, 0.25) is 0 Å². The number of aromatic nitrogens is 2. The SMILES string of the molecule is CCNC(=O)Nc1cc(C(C)(C)C)nn1C1=NC(=O)C2CCCCC2=N1. The molecule has 1 aliphatic carbocycles. The van der Waals surface area contributed by atoms with E-state index in [2.05, 4.69) is 25.7 Å². The topological polar surface area (TPSA) is 101 Å². The zero-order chi connectivity index (χ0) is 18.9. The van der Waals surface area contributed by atoms with E-state index < -0.39 is 0 Å². The van der Waals surface area contributed by atoms with Gasteiger partial charge in [-0.1, -0.05) is 27.2 Å². The van der Waals surface area contributed by atoms with Gasteiger partial charge in [0.25, 0.3) is 11.9 Å². The minimum absolute atomic E-state index is 0.165. The summed E-state index contributed by atoms with van der Waals surface area (Å²) < 4.78 is 1.46. The summed E-state index contributed by atoms with van der Waals surface area (Å²) >= 11 is 0. The number of nitrogens with zero attached hydrogens (tertiary/aromatic N) is 4. The Balaban J connectivity index is 2.00. The van der Waals surface area contributed by atoms with Gasteiger partial charge in [-0.05, 0) is 26.2 Å². The molecule has 2 aliphatic rings. The van der Waals surface area contributed by atoms with Crippen molar-refractivity contribution in [3.63, 3.8) is 0 Å². The molecule has 1 saturated carbocycles. The Kier molecular flexibility index (Phi) is 4.93. The first-order chi connectivity index (χ1) is 12.3. The molecule has 3 amide bonds. The van der Waals surface area contributed by atoms with Crippen LogP contribution in [0.4, 0.5) is 10.6 Å². The predicted octanol–water partition coefficient (Wildman–Crippen LogP) is 2.70. The molecule has 1 fully saturated rings. The quantitative estimate of drug-likeness (QED) is 0.850. The average Bonchev–Trinajstić information content (AvgIpc) is 2.99. The molecule has 1 atom stereocenters. The van der Waals surface area contributed by atoms with E-state index in [1.807, 2.05) is 27.7 Å². The van der Waals surface area contributed by atoms with Crippen LogP contribution in [0.5, 0.6) is 0 Å². The van der Waals surface area contributed by atoms with Gasteiger partial charge in [0.15, 0.2) is 0 Å². The molecule has 8 heteroatoms. The molecule has 0 radical (unpaired) electrons. The molecule has 1 aromatic heterocycles. The van der Waals surface area contributed by atoms with Gasteiger partial charge >= 0.3 is 6.03 Å². The highest BCUT2D eigenvalue weighted by Gasteiger charge is 2.32. The minimum Gasteiger partial charge on any atom is -0.338 e. The molecular weight excluding hydrogens is 332 g/mol. The van der Waals surface area contributed by atoms with E-state index in [-0.39, 0.29) is 29.2 Å². The number of urea groups is 1. The summed E-state index contributed by atoms with van der Waals surface area (Å²) in [4.78, 5) is 33.2. The Bertz CT molecular complexity index is 784. The molecule has 1 unspecified atom stereocenters. The number of anilines is 1. The molecule has 26 heavy (non-hydrogen) atoms. The van der Waals surface area contributed by atoms with Crippen molar-refractivity contribution in [2.24, 2.45) is 15.9 Å². The molecule has 1 aliphatic heterocycles. The van der Waals surface area contributed by atoms with Gasteiger partial charge in [0.2, 0.25) is 0 Å². The molecule has 3 rings (SSSR count). The number of carbonyl (C=O) groups excluding carboxylic acids is 2. The van der Waals surface area contributed by atoms with E-state index >= 15 is 0 Å². The van der Waals surface area contributed by atoms with Gasteiger partial charge in [0.05, 0.1) is 11.6 Å². The lowest BCUT2D eigenvalue weighted by Crippen LogP contribution is -2.34. The van der Waals surface area contributed by atoms with Crippen LogP contribution in [0.15, 0.2) is 16.1 Å². The van der Waals surface area contributed by atoms with Gasteiger partial charge in [-0.2, -0.15) is 14.8 Å². The van der Waals surface area contributed by atoms with Crippen LogP contribution in [0.25, 0.3) is 0 Å². The van der Waals surface area contributed by atoms with Crippen molar-refractivity contribution in [1.29, 1.82) is 0 Å². The van der Waals surface area contributed by atoms with Crippen molar-refractivity contribution in [2.45, 2.75) is 58.8 Å². The molecule has 0 spiro atoms. The molecular formula is C18H26N6O2. The molecule has 2 heterocycles. The Morgan fingerprint density at radius 3 is 2.77 bits per heavy atom. The summed E-state index contributed by atoms with van der Waals surface area (Å²) in [5.41, 5.74) is 1.44. The summed E-state index contributed by atoms with van der Waals surface area (Å²) in [7, 11) is 0. The first kappa shape index (κ1) is 18.3. The average molecular weight is 358 g/mol. The zero-order valence-corrected chi connectivity index (χ0v) is 15.8. The molecule has 0 aromatic carbocycles. The van der Waals surface area contributed by atoms with Gasteiger partial charge in [0.1, 0.15) is 5.82 Å². The van der Waals surface area contributed by atoms with Gasteiger partial charge in [-0.3, -0.25) is 10.1 Å². The number of carbonyl (C=O) groups is 2. The molecule has 0 saturated heterocycles. The maximum absolute atomic E-state index is 12.4. The fourth-order valence-corrected chi connectivity index (χ4v) is 3.13. The Morgan fingerprint density at radius 2 is 2.08 bits per heavy atom. The third-order valence-corrected chi connectivity index (χ3v) is 4.58. The van der Waals surface area contributed by atoms with E-state index in [9.17, 15) is 9.59 Å². The monoisotopic (exact) mass is 358 g/mol. The van der Waals surface area contributed by atoms with Crippen LogP contribution in [0.3, 0.4) is 0 Å². The van der Waals surface area contributed by atoms with Gasteiger partial charge in [-0.25, -0.2) is 9.79 Å². The first-order valence-electron chi connectivity index (χ1n) is 9.15. The van der Waals surface area contributed by atoms with E-state index in [1.54, 1.807) is 6.07 Å². The lowest BCUT2D eigenvalue weighted by molar-refractivity contribution is -0.120. The summed E-state index contributed by atoms with van der Waals surface area (Å²) in [5, 5.41) is 10.0. The number of hydrogen-bond acceptors (Lipinski definition) is 4. The van der Waals surface area contributed by atoms with E-state index in [0.29, 0.717) is 12.4 Å². The fraction of sp³-hybridized carbons (Fsp3) is 0.611. The van der Waals surface area contributed by atoms with Crippen molar-refractivity contribution in [2.75, 3.05) is 11.9 Å². The number of amides is 3. The largest absolute Gasteiger partial charge is 0.338 e. The highest BCUT2D eigenvalue weighted by Crippen LogP contribution is 2.28. The summed E-state index contributed by atoms with van der Waals surface area (Å²) in [6.45, 7) is 8.46. The second kappa shape index (κ2) is 7.01. The Labute approximate surface area is 153 Å². The highest BCUT2D eigenvalue weighted by atomic mass is 16.2. The van der Waals surface area contributed by atoms with Crippen LogP contribution in [-0.4, -0.2) is 39.9 Å². The van der Waals surface area contributed by atoms with Crippen LogP contribution >= 0.6 is 0 Å². The number of fused-ring (bicyclic) bond motifs is 1. The normalized spacial score (nSPS) is 20.2. The summed E-state index contributed by atoms with van der Waals surface area (Å²) in [5.74, 6) is 0.322. The third kappa shape index (κ3) is 3.68. The highest BCUT2D eigenvalue weighted by molar-refractivity contribution is 6.16. The van der Waals surface area contributed by atoms with Crippen molar-refractivity contribution in [3.05, 3.63) is 11.8 Å². The van der Waals surface area contributed by atoms with Gasteiger partial charge in [0, 0.05) is 23.7 Å². The standard InChI is InChI=1S/C18H26N6O2/c1-5-19-17(26)21-14-10-13(18(2,3)4)23-24(14)16-20-12-9-7-6-8-11(12)15(25)22-16/h10-11H,5-9H2,1-4H3,(H2,19,21,26). The van der Waals surface area contributed by atoms with Crippen LogP contribution in [0.1, 0.15) is 59.1 Å². The molecule has 140 valence electrons. The van der Waals surface area contributed by atoms with Crippen molar-refractivity contribution in [3.8, 4) is 0 Å². The molecule has 0 bridgehead atoms. The summed E-state index contributed by atoms with van der Waals surface area (Å²) in [6, 6.07) is 1.47. The number of rotatable bonds is 2. The van der Waals surface area contributed by atoms with Crippen molar-refractivity contribution >= 4 is 29.4 Å². The fourth-order valence-electron chi connectivity index (χ4n) is 3.13. The summed E-state index contributed by atoms with van der Waals surface area (Å²) in [6.07, 6.45) is 3.68. The second-order valence-electron chi connectivity index (χ2n) is 7.71. The van der Waals surface area contributed by atoms with Crippen molar-refractivity contribution in [1.82, 2.24) is 15.1 Å². The zero-order valence-electron chi connectivity index (χ0n) is 15.8. The lowest BCUT2D eigenvalue weighted by atomic mass is 9.86. The maximum Gasteiger partial charge on any atom is 0.320 e. The van der Waals surface area contributed by atoms with E-state index in [1.165, 1.54) is 4.68 Å². The van der Waals surface area contributed by atoms with Crippen LogP contribution < -0.4 is 10.6 Å². The second-order valence-corrected chi connectivity index (χ2v) is 7.71. The first-order valence-corrected chi connectivity index (χ1v) is 9.15. The molecule has 1 aromatic rings. The van der Waals surface area contributed by atoms with E-state index in [4.69, 9.17) is 0 Å². The minimum atomic E-state index is -0.333. The van der Waals surface area contributed by atoms with Crippen LogP contribution in [0, 0.1) is 5.92 Å². The lowest BCUT2D eigenvalue weighted by Gasteiger charge is -2.24. The van der Waals surface area contributed by atoms with Crippen molar-refractivity contribution < 1.29 is 9.59 Å². The smallest absolute Gasteiger partial charge is 0.320 e. The molecule has 2 N–H and O–H groups in total. The number of nitrogens with one attached hydrogen (secondary N) is 2.